The lowest BCUT2D eigenvalue weighted by atomic mass is 10.0. The van der Waals surface area contributed by atoms with Crippen molar-refractivity contribution < 1.29 is 45.8 Å². The van der Waals surface area contributed by atoms with E-state index in [4.69, 9.17) is 19.0 Å². The van der Waals surface area contributed by atoms with Gasteiger partial charge in [-0.15, -0.1) is 0 Å². The van der Waals surface area contributed by atoms with Crippen molar-refractivity contribution in [1.82, 2.24) is 9.79 Å². The minimum Gasteiger partial charge on any atom is -0.489 e. The number of rotatable bonds is 15. The van der Waals surface area contributed by atoms with Gasteiger partial charge in [-0.3, -0.25) is 0 Å². The summed E-state index contributed by atoms with van der Waals surface area (Å²) >= 11 is 0. The predicted octanol–water partition coefficient (Wildman–Crippen LogP) is 5.25. The molecule has 1 heterocycles. The Kier molecular flexibility index (Phi) is 11.7. The Morgan fingerprint density at radius 1 is 0.840 bits per heavy atom. The van der Waals surface area contributed by atoms with E-state index in [2.05, 4.69) is 5.32 Å². The van der Waals surface area contributed by atoms with Gasteiger partial charge in [0.05, 0.1) is 34.2 Å². The molecule has 1 aliphatic rings. The molecule has 12 nitrogen and oxygen atoms in total. The molecule has 1 amide bonds. The van der Waals surface area contributed by atoms with Crippen LogP contribution in [-0.4, -0.2) is 58.0 Å². The molecule has 0 saturated carbocycles. The highest BCUT2D eigenvalue weighted by Crippen LogP contribution is 2.35. The smallest absolute Gasteiger partial charge is 0.427 e. The number of benzene rings is 4. The molecule has 50 heavy (non-hydrogen) atoms. The van der Waals surface area contributed by atoms with E-state index in [0.29, 0.717) is 21.5 Å². The molecule has 1 aliphatic heterocycles. The maximum absolute atomic E-state index is 13.5. The van der Waals surface area contributed by atoms with Crippen LogP contribution in [0.3, 0.4) is 0 Å². The molecule has 0 aliphatic carbocycles. The van der Waals surface area contributed by atoms with Gasteiger partial charge in [0.1, 0.15) is 12.4 Å². The summed E-state index contributed by atoms with van der Waals surface area (Å²) < 4.78 is 70.1. The first-order chi connectivity index (χ1) is 23.8. The van der Waals surface area contributed by atoms with Crippen LogP contribution in [0.1, 0.15) is 37.5 Å². The van der Waals surface area contributed by atoms with Gasteiger partial charge in [0.25, 0.3) is 10.0 Å². The fourth-order valence-corrected chi connectivity index (χ4v) is 7.96. The molecule has 0 aromatic heterocycles. The number of fused-ring (bicyclic) bond motifs is 1. The van der Waals surface area contributed by atoms with Gasteiger partial charge in [-0.25, -0.2) is 21.6 Å². The van der Waals surface area contributed by atoms with Crippen LogP contribution in [0.5, 0.6) is 17.2 Å². The van der Waals surface area contributed by atoms with Crippen molar-refractivity contribution in [2.24, 2.45) is 5.92 Å². The Hall–Kier alpha value is -4.63. The summed E-state index contributed by atoms with van der Waals surface area (Å²) in [5.41, 5.74) is 2.13. The average molecular weight is 725 g/mol. The SMILES string of the molecule is CC(C)CN(OC(=O)NC(Cc1ccc(OCc2ccccc2CS(=O)(=O)c2ccccc2)cc1)C(C)O)S(=O)(=O)c1ccc2c(c1)OCO2. The van der Waals surface area contributed by atoms with E-state index in [-0.39, 0.29) is 53.6 Å². The molecule has 4 aromatic rings. The molecule has 0 spiro atoms. The molecule has 2 atom stereocenters. The van der Waals surface area contributed by atoms with Crippen molar-refractivity contribution >= 4 is 26.0 Å². The van der Waals surface area contributed by atoms with Crippen LogP contribution < -0.4 is 19.5 Å². The molecular weight excluding hydrogens is 685 g/mol. The van der Waals surface area contributed by atoms with Crippen molar-refractivity contribution in [2.75, 3.05) is 13.3 Å². The van der Waals surface area contributed by atoms with Crippen molar-refractivity contribution in [2.45, 2.75) is 61.5 Å². The molecule has 2 unspecified atom stereocenters. The first-order valence-corrected chi connectivity index (χ1v) is 19.1. The number of carbonyl (C=O) groups excluding carboxylic acids is 1. The van der Waals surface area contributed by atoms with Gasteiger partial charge >= 0.3 is 6.09 Å². The Bertz CT molecular complexity index is 1990. The first kappa shape index (κ1) is 36.6. The Labute approximate surface area is 292 Å². The van der Waals surface area contributed by atoms with E-state index in [1.165, 1.54) is 25.1 Å². The summed E-state index contributed by atoms with van der Waals surface area (Å²) in [7, 11) is -7.82. The number of aliphatic hydroxyl groups excluding tert-OH is 1. The van der Waals surface area contributed by atoms with Crippen LogP contribution in [0.15, 0.2) is 107 Å². The second-order valence-electron chi connectivity index (χ2n) is 12.2. The lowest BCUT2D eigenvalue weighted by Gasteiger charge is -2.26. The number of carbonyl (C=O) groups is 1. The van der Waals surface area contributed by atoms with E-state index >= 15 is 0 Å². The second-order valence-corrected chi connectivity index (χ2v) is 16.1. The van der Waals surface area contributed by atoms with E-state index in [0.717, 1.165) is 11.1 Å². The van der Waals surface area contributed by atoms with E-state index in [9.17, 15) is 26.7 Å². The van der Waals surface area contributed by atoms with Gasteiger partial charge in [-0.1, -0.05) is 68.4 Å². The number of ether oxygens (including phenoxy) is 3. The number of nitrogens with one attached hydrogen (secondary N) is 1. The number of amides is 1. The highest BCUT2D eigenvalue weighted by atomic mass is 32.2. The number of hydroxylamine groups is 1. The highest BCUT2D eigenvalue weighted by molar-refractivity contribution is 7.90. The van der Waals surface area contributed by atoms with Crippen LogP contribution >= 0.6 is 0 Å². The summed E-state index contributed by atoms with van der Waals surface area (Å²) in [6.45, 7) is 5.08. The zero-order valence-corrected chi connectivity index (χ0v) is 29.5. The summed E-state index contributed by atoms with van der Waals surface area (Å²) in [6, 6.07) is 25.8. The fraction of sp³-hybridized carbons (Fsp3) is 0.306. The fourth-order valence-electron chi connectivity index (χ4n) is 5.14. The van der Waals surface area contributed by atoms with E-state index in [1.807, 2.05) is 12.1 Å². The normalized spacial score (nSPS) is 14.0. The van der Waals surface area contributed by atoms with E-state index < -0.39 is 38.1 Å². The summed E-state index contributed by atoms with van der Waals surface area (Å²) in [6.07, 6.45) is -1.85. The van der Waals surface area contributed by atoms with E-state index in [1.54, 1.807) is 80.6 Å². The monoisotopic (exact) mass is 724 g/mol. The van der Waals surface area contributed by atoms with Crippen LogP contribution in [0, 0.1) is 5.92 Å². The molecule has 14 heteroatoms. The zero-order valence-electron chi connectivity index (χ0n) is 27.9. The third kappa shape index (κ3) is 9.33. The lowest BCUT2D eigenvalue weighted by molar-refractivity contribution is -0.0323. The topological polar surface area (TPSA) is 158 Å². The predicted molar refractivity (Wildman–Crippen MR) is 185 cm³/mol. The Balaban J connectivity index is 1.20. The van der Waals surface area contributed by atoms with Crippen LogP contribution in [-0.2, 0) is 43.5 Å². The van der Waals surface area contributed by atoms with Crippen molar-refractivity contribution in [3.63, 3.8) is 0 Å². The van der Waals surface area contributed by atoms with Crippen LogP contribution in [0.2, 0.25) is 0 Å². The van der Waals surface area contributed by atoms with Crippen molar-refractivity contribution in [1.29, 1.82) is 0 Å². The molecule has 0 saturated heterocycles. The molecule has 0 radical (unpaired) electrons. The minimum absolute atomic E-state index is 0.0255. The highest BCUT2D eigenvalue weighted by Gasteiger charge is 2.32. The Morgan fingerprint density at radius 3 is 2.18 bits per heavy atom. The molecule has 0 fully saturated rings. The first-order valence-electron chi connectivity index (χ1n) is 16.0. The second kappa shape index (κ2) is 15.9. The summed E-state index contributed by atoms with van der Waals surface area (Å²) in [4.78, 5) is 18.5. The average Bonchev–Trinajstić information content (AvgIpc) is 3.56. The summed E-state index contributed by atoms with van der Waals surface area (Å²) in [5, 5.41) is 13.1. The molecule has 266 valence electrons. The number of hydrogen-bond donors (Lipinski definition) is 2. The third-order valence-electron chi connectivity index (χ3n) is 7.83. The number of sulfonamides is 1. The van der Waals surface area contributed by atoms with Crippen molar-refractivity contribution in [3.05, 3.63) is 114 Å². The molecule has 5 rings (SSSR count). The minimum atomic E-state index is -4.27. The maximum atomic E-state index is 13.5. The van der Waals surface area contributed by atoms with Crippen LogP contribution in [0.4, 0.5) is 4.79 Å². The van der Waals surface area contributed by atoms with Gasteiger partial charge in [0, 0.05) is 6.07 Å². The largest absolute Gasteiger partial charge is 0.489 e. The van der Waals surface area contributed by atoms with Gasteiger partial charge < -0.3 is 29.5 Å². The third-order valence-corrected chi connectivity index (χ3v) is 11.1. The van der Waals surface area contributed by atoms with Gasteiger partial charge in [-0.2, -0.15) is 0 Å². The van der Waals surface area contributed by atoms with Gasteiger partial charge in [-0.05, 0) is 76.8 Å². The Morgan fingerprint density at radius 2 is 1.50 bits per heavy atom. The number of hydrogen-bond acceptors (Lipinski definition) is 10. The molecule has 0 bridgehead atoms. The number of sulfone groups is 1. The summed E-state index contributed by atoms with van der Waals surface area (Å²) in [5.74, 6) is 0.870. The number of nitrogens with zero attached hydrogens (tertiary/aromatic N) is 1. The molecule has 4 aromatic carbocycles. The maximum Gasteiger partial charge on any atom is 0.427 e. The lowest BCUT2D eigenvalue weighted by Crippen LogP contribution is -2.47. The number of aliphatic hydroxyl groups is 1. The molecule has 2 N–H and O–H groups in total. The van der Waals surface area contributed by atoms with Gasteiger partial charge in [0.2, 0.25) is 6.79 Å². The van der Waals surface area contributed by atoms with Gasteiger partial charge in [0.15, 0.2) is 21.3 Å². The standard InChI is InChI=1S/C36H40N2O10S2/c1-25(2)21-38(50(43,44)32-17-18-34-35(20-32)47-24-46-34)48-36(40)37-33(26(3)39)19-27-13-15-30(16-14-27)45-22-28-9-7-8-10-29(28)23-49(41,42)31-11-5-4-6-12-31/h4-18,20,25-26,33,39H,19,21-24H2,1-3H3,(H,37,40). The molecular formula is C36H40N2O10S2. The quantitative estimate of drug-likeness (QED) is 0.155. The van der Waals surface area contributed by atoms with Crippen molar-refractivity contribution in [3.8, 4) is 17.2 Å². The van der Waals surface area contributed by atoms with Crippen LogP contribution in [0.25, 0.3) is 0 Å². The zero-order chi connectivity index (χ0) is 35.9.